The standard InChI is InChI=1S/C17H14O4/c1-2-14-16(13-9-12(19)7-8-15(13)21-14)17(20)10-3-5-11(18)6-4-10/h3-9,18-19H,2H2,1H3. The molecule has 0 atom stereocenters. The minimum atomic E-state index is -0.184. The Balaban J connectivity index is 2.20. The van der Waals surface area contributed by atoms with Crippen molar-refractivity contribution in [3.8, 4) is 11.5 Å². The first kappa shape index (κ1) is 13.2. The van der Waals surface area contributed by atoms with Crippen LogP contribution in [0.25, 0.3) is 11.0 Å². The third kappa shape index (κ3) is 2.25. The Kier molecular flexibility index (Phi) is 3.14. The Morgan fingerprint density at radius 2 is 1.71 bits per heavy atom. The largest absolute Gasteiger partial charge is 0.508 e. The third-order valence-corrected chi connectivity index (χ3v) is 3.42. The molecule has 0 spiro atoms. The number of benzene rings is 2. The van der Waals surface area contributed by atoms with E-state index in [1.54, 1.807) is 18.2 Å². The van der Waals surface area contributed by atoms with Gasteiger partial charge in [0.25, 0.3) is 0 Å². The number of furan rings is 1. The zero-order valence-electron chi connectivity index (χ0n) is 11.5. The highest BCUT2D eigenvalue weighted by Crippen LogP contribution is 2.31. The zero-order valence-corrected chi connectivity index (χ0v) is 11.5. The van der Waals surface area contributed by atoms with Crippen LogP contribution in [-0.2, 0) is 6.42 Å². The average molecular weight is 282 g/mol. The molecule has 106 valence electrons. The quantitative estimate of drug-likeness (QED) is 0.719. The van der Waals surface area contributed by atoms with Crippen LogP contribution < -0.4 is 0 Å². The van der Waals surface area contributed by atoms with Gasteiger partial charge in [-0.25, -0.2) is 0 Å². The van der Waals surface area contributed by atoms with Gasteiger partial charge in [0.15, 0.2) is 5.78 Å². The molecule has 0 radical (unpaired) electrons. The van der Waals surface area contributed by atoms with Gasteiger partial charge in [-0.1, -0.05) is 6.92 Å². The molecule has 0 aliphatic carbocycles. The van der Waals surface area contributed by atoms with Gasteiger partial charge in [0.2, 0.25) is 0 Å². The molecule has 0 aliphatic rings. The van der Waals surface area contributed by atoms with Crippen LogP contribution in [-0.4, -0.2) is 16.0 Å². The summed E-state index contributed by atoms with van der Waals surface area (Å²) >= 11 is 0. The highest BCUT2D eigenvalue weighted by molar-refractivity contribution is 6.17. The highest BCUT2D eigenvalue weighted by atomic mass is 16.3. The number of phenolic OH excluding ortho intramolecular Hbond substituents is 2. The van der Waals surface area contributed by atoms with E-state index in [0.29, 0.717) is 34.3 Å². The van der Waals surface area contributed by atoms with E-state index in [1.165, 1.54) is 24.3 Å². The lowest BCUT2D eigenvalue weighted by molar-refractivity contribution is 0.103. The van der Waals surface area contributed by atoms with Gasteiger partial charge in [0.1, 0.15) is 22.8 Å². The maximum atomic E-state index is 12.7. The molecule has 3 rings (SSSR count). The third-order valence-electron chi connectivity index (χ3n) is 3.42. The minimum Gasteiger partial charge on any atom is -0.508 e. The number of hydrogen-bond acceptors (Lipinski definition) is 4. The van der Waals surface area contributed by atoms with E-state index in [9.17, 15) is 15.0 Å². The Morgan fingerprint density at radius 3 is 2.38 bits per heavy atom. The summed E-state index contributed by atoms with van der Waals surface area (Å²) in [5, 5.41) is 19.6. The van der Waals surface area contributed by atoms with E-state index in [-0.39, 0.29) is 17.3 Å². The van der Waals surface area contributed by atoms with Crippen LogP contribution in [0.1, 0.15) is 28.6 Å². The molecule has 0 bridgehead atoms. The summed E-state index contributed by atoms with van der Waals surface area (Å²) in [6, 6.07) is 10.8. The first-order chi connectivity index (χ1) is 10.1. The fourth-order valence-electron chi connectivity index (χ4n) is 2.39. The van der Waals surface area contributed by atoms with Gasteiger partial charge in [-0.05, 0) is 42.5 Å². The second-order valence-corrected chi connectivity index (χ2v) is 4.81. The summed E-state index contributed by atoms with van der Waals surface area (Å²) in [5.41, 5.74) is 1.51. The SMILES string of the molecule is CCc1oc2ccc(O)cc2c1C(=O)c1ccc(O)cc1. The van der Waals surface area contributed by atoms with Gasteiger partial charge < -0.3 is 14.6 Å². The molecule has 21 heavy (non-hydrogen) atoms. The van der Waals surface area contributed by atoms with Crippen molar-refractivity contribution in [3.63, 3.8) is 0 Å². The van der Waals surface area contributed by atoms with Crippen molar-refractivity contribution < 1.29 is 19.4 Å². The Morgan fingerprint density at radius 1 is 1.05 bits per heavy atom. The minimum absolute atomic E-state index is 0.0886. The predicted molar refractivity (Wildman–Crippen MR) is 78.8 cm³/mol. The smallest absolute Gasteiger partial charge is 0.197 e. The van der Waals surface area contributed by atoms with E-state index in [1.807, 2.05) is 6.92 Å². The van der Waals surface area contributed by atoms with E-state index in [4.69, 9.17) is 4.42 Å². The van der Waals surface area contributed by atoms with Crippen LogP contribution in [0.3, 0.4) is 0 Å². The number of ketones is 1. The Bertz CT molecular complexity index is 813. The molecule has 0 fully saturated rings. The number of carbonyl (C=O) groups excluding carboxylic acids is 1. The first-order valence-electron chi connectivity index (χ1n) is 6.68. The fraction of sp³-hybridized carbons (Fsp3) is 0.118. The number of aryl methyl sites for hydroxylation is 1. The summed E-state index contributed by atoms with van der Waals surface area (Å²) < 4.78 is 5.69. The molecule has 0 saturated carbocycles. The van der Waals surface area contributed by atoms with Crippen molar-refractivity contribution in [1.82, 2.24) is 0 Å². The van der Waals surface area contributed by atoms with Gasteiger partial charge in [-0.15, -0.1) is 0 Å². The molecule has 0 saturated heterocycles. The second kappa shape index (κ2) is 4.98. The van der Waals surface area contributed by atoms with Crippen molar-refractivity contribution in [2.45, 2.75) is 13.3 Å². The lowest BCUT2D eigenvalue weighted by Crippen LogP contribution is -2.03. The summed E-state index contributed by atoms with van der Waals surface area (Å²) in [4.78, 5) is 12.7. The van der Waals surface area contributed by atoms with E-state index >= 15 is 0 Å². The van der Waals surface area contributed by atoms with Gasteiger partial charge in [0, 0.05) is 17.4 Å². The molecule has 0 aliphatic heterocycles. The predicted octanol–water partition coefficient (Wildman–Crippen LogP) is 3.64. The van der Waals surface area contributed by atoms with Crippen LogP contribution in [0.15, 0.2) is 46.9 Å². The summed E-state index contributed by atoms with van der Waals surface area (Å²) in [5.74, 6) is 0.604. The topological polar surface area (TPSA) is 70.7 Å². The fourth-order valence-corrected chi connectivity index (χ4v) is 2.39. The monoisotopic (exact) mass is 282 g/mol. The molecule has 2 aromatic carbocycles. The number of carbonyl (C=O) groups is 1. The van der Waals surface area contributed by atoms with Gasteiger partial charge >= 0.3 is 0 Å². The van der Waals surface area contributed by atoms with Crippen molar-refractivity contribution in [1.29, 1.82) is 0 Å². The number of aromatic hydroxyl groups is 2. The van der Waals surface area contributed by atoms with Crippen molar-refractivity contribution in [3.05, 3.63) is 59.4 Å². The number of phenols is 2. The normalized spacial score (nSPS) is 10.9. The van der Waals surface area contributed by atoms with Crippen molar-refractivity contribution in [2.75, 3.05) is 0 Å². The molecule has 1 aromatic heterocycles. The summed E-state index contributed by atoms with van der Waals surface area (Å²) in [7, 11) is 0. The molecule has 0 amide bonds. The molecule has 0 unspecified atom stereocenters. The highest BCUT2D eigenvalue weighted by Gasteiger charge is 2.21. The lowest BCUT2D eigenvalue weighted by atomic mass is 9.99. The molecular weight excluding hydrogens is 268 g/mol. The Hall–Kier alpha value is -2.75. The van der Waals surface area contributed by atoms with Crippen LogP contribution in [0, 0.1) is 0 Å². The van der Waals surface area contributed by atoms with Crippen LogP contribution >= 0.6 is 0 Å². The zero-order chi connectivity index (χ0) is 15.0. The summed E-state index contributed by atoms with van der Waals surface area (Å²) in [6.45, 7) is 1.91. The van der Waals surface area contributed by atoms with Crippen LogP contribution in [0.4, 0.5) is 0 Å². The number of rotatable bonds is 3. The van der Waals surface area contributed by atoms with E-state index < -0.39 is 0 Å². The van der Waals surface area contributed by atoms with E-state index in [0.717, 1.165) is 0 Å². The van der Waals surface area contributed by atoms with Gasteiger partial charge in [-0.2, -0.15) is 0 Å². The second-order valence-electron chi connectivity index (χ2n) is 4.81. The van der Waals surface area contributed by atoms with Crippen molar-refractivity contribution in [2.24, 2.45) is 0 Å². The van der Waals surface area contributed by atoms with E-state index in [2.05, 4.69) is 0 Å². The summed E-state index contributed by atoms with van der Waals surface area (Å²) in [6.07, 6.45) is 0.578. The maximum Gasteiger partial charge on any atom is 0.197 e. The Labute approximate surface area is 121 Å². The first-order valence-corrected chi connectivity index (χ1v) is 6.68. The van der Waals surface area contributed by atoms with Crippen molar-refractivity contribution >= 4 is 16.8 Å². The number of fused-ring (bicyclic) bond motifs is 1. The van der Waals surface area contributed by atoms with Gasteiger partial charge in [-0.3, -0.25) is 4.79 Å². The molecule has 4 nitrogen and oxygen atoms in total. The average Bonchev–Trinajstić information content (AvgIpc) is 2.85. The maximum absolute atomic E-state index is 12.7. The number of hydrogen-bond donors (Lipinski definition) is 2. The molecule has 4 heteroatoms. The molecule has 2 N–H and O–H groups in total. The lowest BCUT2D eigenvalue weighted by Gasteiger charge is -2.02. The molecule has 3 aromatic rings. The van der Waals surface area contributed by atoms with Gasteiger partial charge in [0.05, 0.1) is 5.56 Å². The molecule has 1 heterocycles. The van der Waals surface area contributed by atoms with Crippen LogP contribution in [0.2, 0.25) is 0 Å². The van der Waals surface area contributed by atoms with Crippen LogP contribution in [0.5, 0.6) is 11.5 Å². The molecular formula is C17H14O4.